The number of ether oxygens (including phenoxy) is 4. The second-order valence-electron chi connectivity index (χ2n) is 7.53. The second-order valence-corrected chi connectivity index (χ2v) is 7.53. The predicted molar refractivity (Wildman–Crippen MR) is 97.1 cm³/mol. The summed E-state index contributed by atoms with van der Waals surface area (Å²) in [5.41, 5.74) is 0. The standard InChI is InChI=1S/C18H30O14.Na/c1-2-3-29-18(17(27)28)4-9(10(23)15(32-18)8(22)6-20)30-16-13(26)11(24)12(25)14(31-16)7(21)5-19;/h2,7-16,19-26H,1,3-6H2,(H,27,28);/q;+1/p-1/t7-,8+,9+,10+,11-,12-,13-,14+,15+,16-,18+;/m0./s1. The number of carbonyl (C=O) groups excluding carboxylic acids is 1. The van der Waals surface area contributed by atoms with Gasteiger partial charge in [0.2, 0.25) is 5.79 Å². The minimum Gasteiger partial charge on any atom is -0.544 e. The molecule has 0 saturated carbocycles. The summed E-state index contributed by atoms with van der Waals surface area (Å²) in [7, 11) is 0. The number of aliphatic hydroxyl groups is 8. The molecule has 0 radical (unpaired) electrons. The van der Waals surface area contributed by atoms with Crippen LogP contribution in [0.1, 0.15) is 6.42 Å². The fraction of sp³-hybridized carbons (Fsp3) is 0.833. The molecule has 0 unspecified atom stereocenters. The quantitative estimate of drug-likeness (QED) is 0.104. The Morgan fingerprint density at radius 1 is 1.06 bits per heavy atom. The average Bonchev–Trinajstić information content (AvgIpc) is 2.78. The maximum Gasteiger partial charge on any atom is 1.00 e. The smallest absolute Gasteiger partial charge is 0.544 e. The van der Waals surface area contributed by atoms with Gasteiger partial charge in [0.1, 0.15) is 54.8 Å². The molecule has 0 aromatic carbocycles. The van der Waals surface area contributed by atoms with Crippen molar-refractivity contribution in [1.29, 1.82) is 0 Å². The van der Waals surface area contributed by atoms with E-state index < -0.39 is 92.6 Å². The minimum atomic E-state index is -2.57. The molecule has 0 aromatic heterocycles. The average molecular weight is 492 g/mol. The molecule has 2 aliphatic rings. The van der Waals surface area contributed by atoms with E-state index in [1.807, 2.05) is 0 Å². The normalized spacial score (nSPS) is 41.0. The number of hydrogen-bond donors (Lipinski definition) is 8. The second kappa shape index (κ2) is 13.2. The first-order valence-electron chi connectivity index (χ1n) is 9.78. The van der Waals surface area contributed by atoms with Gasteiger partial charge in [-0.1, -0.05) is 6.08 Å². The van der Waals surface area contributed by atoms with Crippen LogP contribution in [0, 0.1) is 0 Å². The van der Waals surface area contributed by atoms with Crippen molar-refractivity contribution in [2.75, 3.05) is 19.8 Å². The van der Waals surface area contributed by atoms with Crippen LogP contribution in [0.2, 0.25) is 0 Å². The molecule has 15 heteroatoms. The van der Waals surface area contributed by atoms with E-state index in [9.17, 15) is 45.6 Å². The summed E-state index contributed by atoms with van der Waals surface area (Å²) in [5.74, 6) is -4.47. The van der Waals surface area contributed by atoms with Gasteiger partial charge in [0.15, 0.2) is 6.29 Å². The molecule has 14 nitrogen and oxygen atoms in total. The molecule has 0 amide bonds. The molecule has 11 atom stereocenters. The Morgan fingerprint density at radius 3 is 2.15 bits per heavy atom. The number of aliphatic carboxylic acids is 1. The van der Waals surface area contributed by atoms with Gasteiger partial charge in [-0.15, -0.1) is 6.58 Å². The van der Waals surface area contributed by atoms with Gasteiger partial charge in [-0.2, -0.15) is 0 Å². The molecular formula is C18H29NaO14. The summed E-state index contributed by atoms with van der Waals surface area (Å²) in [6.45, 7) is 1.23. The zero-order valence-electron chi connectivity index (χ0n) is 17.9. The Hall–Kier alpha value is -0.270. The van der Waals surface area contributed by atoms with Gasteiger partial charge in [0, 0.05) is 6.42 Å². The molecule has 33 heavy (non-hydrogen) atoms. The van der Waals surface area contributed by atoms with Gasteiger partial charge in [-0.05, 0) is 0 Å². The van der Waals surface area contributed by atoms with Crippen LogP contribution in [-0.4, -0.2) is 134 Å². The Balaban J connectivity index is 0.00000544. The third kappa shape index (κ3) is 6.69. The van der Waals surface area contributed by atoms with Crippen LogP contribution in [0.4, 0.5) is 0 Å². The number of carbonyl (C=O) groups is 1. The summed E-state index contributed by atoms with van der Waals surface area (Å²) in [6.07, 6.45) is -17.2. The third-order valence-corrected chi connectivity index (χ3v) is 5.31. The van der Waals surface area contributed by atoms with Crippen molar-refractivity contribution in [3.8, 4) is 0 Å². The van der Waals surface area contributed by atoms with E-state index in [0.717, 1.165) is 0 Å². The van der Waals surface area contributed by atoms with Gasteiger partial charge in [0.25, 0.3) is 0 Å². The van der Waals surface area contributed by atoms with Gasteiger partial charge >= 0.3 is 29.6 Å². The van der Waals surface area contributed by atoms with Crippen molar-refractivity contribution in [3.05, 3.63) is 12.7 Å². The van der Waals surface area contributed by atoms with Gasteiger partial charge in [-0.25, -0.2) is 0 Å². The Morgan fingerprint density at radius 2 is 1.64 bits per heavy atom. The minimum absolute atomic E-state index is 0. The number of rotatable bonds is 10. The summed E-state index contributed by atoms with van der Waals surface area (Å²) < 4.78 is 21.1. The van der Waals surface area contributed by atoms with E-state index in [0.29, 0.717) is 0 Å². The molecule has 0 aliphatic carbocycles. The van der Waals surface area contributed by atoms with Crippen molar-refractivity contribution >= 4 is 5.97 Å². The number of hydrogen-bond acceptors (Lipinski definition) is 14. The molecular weight excluding hydrogens is 463 g/mol. The molecule has 2 aliphatic heterocycles. The van der Waals surface area contributed by atoms with E-state index in [1.54, 1.807) is 0 Å². The van der Waals surface area contributed by atoms with E-state index in [2.05, 4.69) is 6.58 Å². The largest absolute Gasteiger partial charge is 1.00 e. The summed E-state index contributed by atoms with van der Waals surface area (Å²) in [4.78, 5) is 11.8. The maximum absolute atomic E-state index is 11.8. The van der Waals surface area contributed by atoms with Crippen LogP contribution in [-0.2, 0) is 23.7 Å². The summed E-state index contributed by atoms with van der Waals surface area (Å²) in [6, 6.07) is 0. The Bertz CT molecular complexity index is 639. The first-order chi connectivity index (χ1) is 15.0. The third-order valence-electron chi connectivity index (χ3n) is 5.31. The van der Waals surface area contributed by atoms with Crippen molar-refractivity contribution < 1.29 is 99.3 Å². The Labute approximate surface area is 210 Å². The number of carboxylic acids is 1. The van der Waals surface area contributed by atoms with E-state index in [4.69, 9.17) is 24.1 Å². The van der Waals surface area contributed by atoms with Gasteiger partial charge in [0.05, 0.1) is 25.9 Å². The van der Waals surface area contributed by atoms with Crippen LogP contribution in [0.3, 0.4) is 0 Å². The monoisotopic (exact) mass is 492 g/mol. The van der Waals surface area contributed by atoms with Crippen LogP contribution >= 0.6 is 0 Å². The number of aliphatic hydroxyl groups excluding tert-OH is 8. The van der Waals surface area contributed by atoms with Crippen LogP contribution in [0.5, 0.6) is 0 Å². The molecule has 0 aromatic rings. The van der Waals surface area contributed by atoms with Gasteiger partial charge < -0.3 is 69.7 Å². The fourth-order valence-electron chi connectivity index (χ4n) is 3.53. The van der Waals surface area contributed by atoms with Crippen molar-refractivity contribution in [2.24, 2.45) is 0 Å². The topological polar surface area (TPSA) is 239 Å². The molecule has 0 bridgehead atoms. The maximum atomic E-state index is 11.8. The number of carboxylic acid groups (broad SMARTS) is 1. The predicted octanol–water partition coefficient (Wildman–Crippen LogP) is -9.31. The van der Waals surface area contributed by atoms with Gasteiger partial charge in [-0.3, -0.25) is 0 Å². The molecule has 2 rings (SSSR count). The molecule has 8 N–H and O–H groups in total. The van der Waals surface area contributed by atoms with Crippen LogP contribution < -0.4 is 34.7 Å². The first-order valence-corrected chi connectivity index (χ1v) is 9.78. The van der Waals surface area contributed by atoms with Crippen LogP contribution in [0.15, 0.2) is 12.7 Å². The SMILES string of the molecule is C=CCO[C@]1(C(=O)[O-])C[C@@H](O[C@H]2O[C@H]([C@@H](O)CO)[C@@H](O)[C@H](O)[C@@H]2O)[C@@H](O)[C@@H]([C@H](O)CO)O1.[Na+]. The van der Waals surface area contributed by atoms with Crippen molar-refractivity contribution in [1.82, 2.24) is 0 Å². The zero-order valence-corrected chi connectivity index (χ0v) is 19.9. The fourth-order valence-corrected chi connectivity index (χ4v) is 3.53. The molecule has 2 heterocycles. The molecule has 2 fully saturated rings. The van der Waals surface area contributed by atoms with E-state index in [1.165, 1.54) is 6.08 Å². The summed E-state index contributed by atoms with van der Waals surface area (Å²) in [5, 5.41) is 90.8. The van der Waals surface area contributed by atoms with E-state index >= 15 is 0 Å². The van der Waals surface area contributed by atoms with Crippen molar-refractivity contribution in [3.63, 3.8) is 0 Å². The van der Waals surface area contributed by atoms with Crippen LogP contribution in [0.25, 0.3) is 0 Å². The van der Waals surface area contributed by atoms with Crippen molar-refractivity contribution in [2.45, 2.75) is 73.4 Å². The first kappa shape index (κ1) is 30.8. The van der Waals surface area contributed by atoms with E-state index in [-0.39, 0.29) is 36.2 Å². The molecule has 2 saturated heterocycles. The zero-order chi connectivity index (χ0) is 24.2. The summed E-state index contributed by atoms with van der Waals surface area (Å²) >= 11 is 0. The molecule has 0 spiro atoms. The Kier molecular flexibility index (Phi) is 12.3. The molecule has 186 valence electrons.